The normalized spacial score (nSPS) is 15.6. The third-order valence-corrected chi connectivity index (χ3v) is 5.95. The van der Waals surface area contributed by atoms with Gasteiger partial charge in [-0.1, -0.05) is 5.16 Å². The van der Waals surface area contributed by atoms with Crippen molar-refractivity contribution < 1.29 is 22.5 Å². The minimum atomic E-state index is -3.96. The number of rotatable bonds is 3. The summed E-state index contributed by atoms with van der Waals surface area (Å²) in [6.45, 7) is 6.57. The molecule has 0 saturated heterocycles. The maximum atomic E-state index is 12.6. The molecule has 8 nitrogen and oxygen atoms in total. The van der Waals surface area contributed by atoms with Crippen molar-refractivity contribution in [3.8, 4) is 0 Å². The van der Waals surface area contributed by atoms with Gasteiger partial charge in [-0.15, -0.1) is 0 Å². The standard InChI is InChI=1S/C16H17N3O5S/c1-8(2)19-16(21)12-6-5-11(7-13(12)25(19,22)23)15(20)17-14-9(3)18-24-10(14)4/h5-8H,1-4H3,(H,17,20). The highest BCUT2D eigenvalue weighted by Gasteiger charge is 2.42. The van der Waals surface area contributed by atoms with Crippen molar-refractivity contribution >= 4 is 27.5 Å². The molecule has 0 radical (unpaired) electrons. The van der Waals surface area contributed by atoms with Gasteiger partial charge in [0.2, 0.25) is 0 Å². The van der Waals surface area contributed by atoms with Gasteiger partial charge in [0.15, 0.2) is 5.76 Å². The molecule has 9 heteroatoms. The van der Waals surface area contributed by atoms with Crippen molar-refractivity contribution in [2.75, 3.05) is 5.32 Å². The van der Waals surface area contributed by atoms with Gasteiger partial charge >= 0.3 is 0 Å². The number of nitrogens with one attached hydrogen (secondary N) is 1. The average molecular weight is 363 g/mol. The lowest BCUT2D eigenvalue weighted by Gasteiger charge is -2.18. The molecule has 2 heterocycles. The minimum Gasteiger partial charge on any atom is -0.359 e. The van der Waals surface area contributed by atoms with Crippen LogP contribution in [0.5, 0.6) is 0 Å². The number of carbonyl (C=O) groups excluding carboxylic acids is 2. The molecule has 0 saturated carbocycles. The van der Waals surface area contributed by atoms with Crippen LogP contribution >= 0.6 is 0 Å². The number of aryl methyl sites for hydroxylation is 2. The van der Waals surface area contributed by atoms with Crippen LogP contribution in [0.1, 0.15) is 46.0 Å². The molecule has 1 aliphatic heterocycles. The van der Waals surface area contributed by atoms with Crippen LogP contribution in [0.2, 0.25) is 0 Å². The van der Waals surface area contributed by atoms with E-state index in [1.807, 2.05) is 0 Å². The summed E-state index contributed by atoms with van der Waals surface area (Å²) < 4.78 is 31.0. The molecule has 132 valence electrons. The number of nitrogens with zero attached hydrogens (tertiary/aromatic N) is 2. The highest BCUT2D eigenvalue weighted by molar-refractivity contribution is 7.90. The second kappa shape index (κ2) is 5.69. The number of carbonyl (C=O) groups is 2. The van der Waals surface area contributed by atoms with Crippen LogP contribution in [0.25, 0.3) is 0 Å². The highest BCUT2D eigenvalue weighted by Crippen LogP contribution is 2.32. The Balaban J connectivity index is 2.00. The molecular formula is C16H17N3O5S. The van der Waals surface area contributed by atoms with E-state index in [1.54, 1.807) is 27.7 Å². The zero-order valence-electron chi connectivity index (χ0n) is 14.2. The lowest BCUT2D eigenvalue weighted by molar-refractivity contribution is 0.0846. The fraction of sp³-hybridized carbons (Fsp3) is 0.312. The molecular weight excluding hydrogens is 346 g/mol. The second-order valence-electron chi connectivity index (χ2n) is 6.06. The van der Waals surface area contributed by atoms with Crippen molar-refractivity contribution in [2.24, 2.45) is 0 Å². The Labute approximate surface area is 144 Å². The monoisotopic (exact) mass is 363 g/mol. The van der Waals surface area contributed by atoms with Gasteiger partial charge in [-0.3, -0.25) is 9.59 Å². The first-order chi connectivity index (χ1) is 11.6. The Bertz CT molecular complexity index is 972. The predicted molar refractivity (Wildman–Crippen MR) is 88.9 cm³/mol. The highest BCUT2D eigenvalue weighted by atomic mass is 32.2. The number of hydrogen-bond donors (Lipinski definition) is 1. The van der Waals surface area contributed by atoms with E-state index < -0.39 is 27.9 Å². The van der Waals surface area contributed by atoms with Crippen LogP contribution in [-0.2, 0) is 10.0 Å². The molecule has 1 aliphatic rings. The molecule has 2 amide bonds. The van der Waals surface area contributed by atoms with E-state index in [-0.39, 0.29) is 16.0 Å². The van der Waals surface area contributed by atoms with Gasteiger partial charge in [0.25, 0.3) is 21.8 Å². The smallest absolute Gasteiger partial charge is 0.269 e. The molecule has 0 aliphatic carbocycles. The van der Waals surface area contributed by atoms with E-state index in [1.165, 1.54) is 18.2 Å². The van der Waals surface area contributed by atoms with Crippen molar-refractivity contribution in [3.05, 3.63) is 40.8 Å². The van der Waals surface area contributed by atoms with Gasteiger partial charge in [-0.25, -0.2) is 12.7 Å². The van der Waals surface area contributed by atoms with Crippen LogP contribution in [-0.4, -0.2) is 35.7 Å². The number of benzene rings is 1. The maximum absolute atomic E-state index is 12.6. The molecule has 25 heavy (non-hydrogen) atoms. The number of aromatic nitrogens is 1. The van der Waals surface area contributed by atoms with Crippen LogP contribution in [0.4, 0.5) is 5.69 Å². The van der Waals surface area contributed by atoms with E-state index >= 15 is 0 Å². The molecule has 0 unspecified atom stereocenters. The summed E-state index contributed by atoms with van der Waals surface area (Å²) in [5.74, 6) is -0.647. The van der Waals surface area contributed by atoms with Crippen LogP contribution in [0.15, 0.2) is 27.6 Å². The summed E-state index contributed by atoms with van der Waals surface area (Å²) in [5.41, 5.74) is 1.15. The van der Waals surface area contributed by atoms with Crippen molar-refractivity contribution in [1.29, 1.82) is 0 Å². The summed E-state index contributed by atoms with van der Waals surface area (Å²) in [4.78, 5) is 24.6. The van der Waals surface area contributed by atoms with Gasteiger partial charge in [0.1, 0.15) is 16.3 Å². The topological polar surface area (TPSA) is 110 Å². The first kappa shape index (κ1) is 17.2. The lowest BCUT2D eigenvalue weighted by Crippen LogP contribution is -2.36. The Morgan fingerprint density at radius 3 is 2.52 bits per heavy atom. The number of anilines is 1. The molecule has 0 fully saturated rings. The Kier molecular flexibility index (Phi) is 3.91. The van der Waals surface area contributed by atoms with E-state index in [0.717, 1.165) is 4.31 Å². The summed E-state index contributed by atoms with van der Waals surface area (Å²) >= 11 is 0. The van der Waals surface area contributed by atoms with E-state index in [0.29, 0.717) is 17.1 Å². The minimum absolute atomic E-state index is 0.0718. The van der Waals surface area contributed by atoms with E-state index in [4.69, 9.17) is 4.52 Å². The van der Waals surface area contributed by atoms with Gasteiger partial charge in [-0.2, -0.15) is 0 Å². The van der Waals surface area contributed by atoms with Crippen molar-refractivity contribution in [1.82, 2.24) is 9.46 Å². The number of amides is 2. The molecule has 3 rings (SSSR count). The lowest BCUT2D eigenvalue weighted by atomic mass is 10.1. The Morgan fingerprint density at radius 1 is 1.28 bits per heavy atom. The SMILES string of the molecule is Cc1noc(C)c1NC(=O)c1ccc2c(c1)S(=O)(=O)N(C(C)C)C2=O. The third kappa shape index (κ3) is 2.60. The Hall–Kier alpha value is -2.68. The average Bonchev–Trinajstić information content (AvgIpc) is 2.95. The van der Waals surface area contributed by atoms with Crippen LogP contribution < -0.4 is 5.32 Å². The van der Waals surface area contributed by atoms with Crippen LogP contribution in [0, 0.1) is 13.8 Å². The van der Waals surface area contributed by atoms with Gasteiger partial charge < -0.3 is 9.84 Å². The van der Waals surface area contributed by atoms with Crippen LogP contribution in [0.3, 0.4) is 0 Å². The van der Waals surface area contributed by atoms with Crippen molar-refractivity contribution in [3.63, 3.8) is 0 Å². The summed E-state index contributed by atoms with van der Waals surface area (Å²) in [6, 6.07) is 3.49. The Morgan fingerprint density at radius 2 is 1.96 bits per heavy atom. The number of fused-ring (bicyclic) bond motifs is 1. The number of sulfonamides is 1. The van der Waals surface area contributed by atoms with Gasteiger partial charge in [0.05, 0.1) is 5.56 Å². The molecule has 0 spiro atoms. The second-order valence-corrected chi connectivity index (χ2v) is 7.85. The molecule has 2 aromatic rings. The maximum Gasteiger partial charge on any atom is 0.269 e. The third-order valence-electron chi connectivity index (χ3n) is 3.95. The quantitative estimate of drug-likeness (QED) is 0.894. The summed E-state index contributed by atoms with van der Waals surface area (Å²) in [6.07, 6.45) is 0. The first-order valence-electron chi connectivity index (χ1n) is 7.61. The van der Waals surface area contributed by atoms with E-state index in [2.05, 4.69) is 10.5 Å². The van der Waals surface area contributed by atoms with Gasteiger partial charge in [0, 0.05) is 11.6 Å². The molecule has 1 aromatic carbocycles. The van der Waals surface area contributed by atoms with E-state index in [9.17, 15) is 18.0 Å². The predicted octanol–water partition coefficient (Wildman–Crippen LogP) is 2.10. The van der Waals surface area contributed by atoms with Gasteiger partial charge in [-0.05, 0) is 45.9 Å². The largest absolute Gasteiger partial charge is 0.359 e. The zero-order chi connectivity index (χ0) is 18.5. The fourth-order valence-corrected chi connectivity index (χ4v) is 4.54. The number of hydrogen-bond acceptors (Lipinski definition) is 6. The molecule has 0 atom stereocenters. The fourth-order valence-electron chi connectivity index (χ4n) is 2.75. The summed E-state index contributed by atoms with van der Waals surface area (Å²) in [7, 11) is -3.96. The zero-order valence-corrected chi connectivity index (χ0v) is 15.0. The van der Waals surface area contributed by atoms with Crippen molar-refractivity contribution in [2.45, 2.75) is 38.6 Å². The molecule has 1 aromatic heterocycles. The molecule has 0 bridgehead atoms. The summed E-state index contributed by atoms with van der Waals surface area (Å²) in [5, 5.41) is 6.40. The molecule has 1 N–H and O–H groups in total. The first-order valence-corrected chi connectivity index (χ1v) is 9.05.